The van der Waals surface area contributed by atoms with Crippen LogP contribution >= 0.6 is 12.4 Å². The molecule has 0 aromatic heterocycles. The van der Waals surface area contributed by atoms with E-state index < -0.39 is 0 Å². The summed E-state index contributed by atoms with van der Waals surface area (Å²) in [5.74, 6) is 0.993. The number of carbonyl (C=O) groups excluding carboxylic acids is 2. The van der Waals surface area contributed by atoms with Crippen LogP contribution in [0.15, 0.2) is 24.3 Å². The Morgan fingerprint density at radius 3 is 2.31 bits per heavy atom. The Morgan fingerprint density at radius 1 is 1.00 bits per heavy atom. The standard InChI is InChI=1S/C20H29N3O2.ClH/c21-18-8-4-7-17(15-18)20(25)23-13-11-22(12-14-23)19(24)10-9-16-5-2-1-3-6-16;/h4,7-8,15-16H,1-3,5-6,9-14,21H2;1H. The lowest BCUT2D eigenvalue weighted by Gasteiger charge is -2.35. The van der Waals surface area contributed by atoms with Crippen LogP contribution in [0.4, 0.5) is 5.69 Å². The van der Waals surface area contributed by atoms with Crippen molar-refractivity contribution in [3.63, 3.8) is 0 Å². The molecule has 0 bridgehead atoms. The average Bonchev–Trinajstić information content (AvgIpc) is 2.66. The number of piperazine rings is 1. The molecule has 26 heavy (non-hydrogen) atoms. The molecule has 2 aliphatic rings. The van der Waals surface area contributed by atoms with Crippen molar-refractivity contribution in [2.24, 2.45) is 5.92 Å². The molecule has 0 spiro atoms. The molecule has 1 aliphatic carbocycles. The first kappa shape index (κ1) is 20.6. The van der Waals surface area contributed by atoms with Crippen LogP contribution < -0.4 is 5.73 Å². The fourth-order valence-electron chi connectivity index (χ4n) is 3.97. The van der Waals surface area contributed by atoms with E-state index in [4.69, 9.17) is 5.73 Å². The first-order chi connectivity index (χ1) is 12.1. The fourth-order valence-corrected chi connectivity index (χ4v) is 3.97. The van der Waals surface area contributed by atoms with Crippen LogP contribution in [0.25, 0.3) is 0 Å². The van der Waals surface area contributed by atoms with E-state index in [1.807, 2.05) is 9.80 Å². The number of hydrogen-bond donors (Lipinski definition) is 1. The van der Waals surface area contributed by atoms with Gasteiger partial charge in [-0.1, -0.05) is 38.2 Å². The van der Waals surface area contributed by atoms with Gasteiger partial charge in [0.2, 0.25) is 5.91 Å². The normalized spacial score (nSPS) is 18.3. The van der Waals surface area contributed by atoms with Crippen molar-refractivity contribution in [1.29, 1.82) is 0 Å². The van der Waals surface area contributed by atoms with Crippen molar-refractivity contribution in [3.8, 4) is 0 Å². The zero-order valence-electron chi connectivity index (χ0n) is 15.4. The maximum Gasteiger partial charge on any atom is 0.254 e. The number of amides is 2. The van der Waals surface area contributed by atoms with E-state index >= 15 is 0 Å². The lowest BCUT2D eigenvalue weighted by molar-refractivity contribution is -0.133. The first-order valence-electron chi connectivity index (χ1n) is 9.56. The molecule has 1 aliphatic heterocycles. The van der Waals surface area contributed by atoms with Gasteiger partial charge in [0.05, 0.1) is 0 Å². The third kappa shape index (κ3) is 5.37. The summed E-state index contributed by atoms with van der Waals surface area (Å²) in [4.78, 5) is 28.7. The summed E-state index contributed by atoms with van der Waals surface area (Å²) in [6, 6.07) is 7.08. The Morgan fingerprint density at radius 2 is 1.65 bits per heavy atom. The van der Waals surface area contributed by atoms with Gasteiger partial charge in [-0.15, -0.1) is 12.4 Å². The minimum absolute atomic E-state index is 0. The molecule has 0 atom stereocenters. The Bertz CT molecular complexity index is 609. The maximum absolute atomic E-state index is 12.5. The SMILES string of the molecule is Cl.Nc1cccc(C(=O)N2CCN(C(=O)CCC3CCCCC3)CC2)c1. The summed E-state index contributed by atoms with van der Waals surface area (Å²) in [6.07, 6.45) is 8.27. The van der Waals surface area contributed by atoms with Crippen LogP contribution in [0, 0.1) is 5.92 Å². The average molecular weight is 380 g/mol. The highest BCUT2D eigenvalue weighted by atomic mass is 35.5. The smallest absolute Gasteiger partial charge is 0.254 e. The van der Waals surface area contributed by atoms with Gasteiger partial charge >= 0.3 is 0 Å². The monoisotopic (exact) mass is 379 g/mol. The van der Waals surface area contributed by atoms with Gasteiger partial charge in [-0.2, -0.15) is 0 Å². The number of benzene rings is 1. The van der Waals surface area contributed by atoms with E-state index in [9.17, 15) is 9.59 Å². The third-order valence-corrected chi connectivity index (χ3v) is 5.54. The Hall–Kier alpha value is -1.75. The number of rotatable bonds is 4. The second kappa shape index (κ2) is 9.81. The minimum atomic E-state index is 0. The highest BCUT2D eigenvalue weighted by Crippen LogP contribution is 2.27. The van der Waals surface area contributed by atoms with Gasteiger partial charge in [0.25, 0.3) is 5.91 Å². The number of nitrogens with zero attached hydrogens (tertiary/aromatic N) is 2. The molecule has 1 aromatic rings. The van der Waals surface area contributed by atoms with Crippen molar-refractivity contribution in [2.75, 3.05) is 31.9 Å². The molecule has 1 heterocycles. The van der Waals surface area contributed by atoms with Gasteiger partial charge in [-0.25, -0.2) is 0 Å². The molecule has 144 valence electrons. The van der Waals surface area contributed by atoms with Crippen molar-refractivity contribution < 1.29 is 9.59 Å². The summed E-state index contributed by atoms with van der Waals surface area (Å²) in [7, 11) is 0. The zero-order valence-corrected chi connectivity index (χ0v) is 16.2. The van der Waals surface area contributed by atoms with Crippen molar-refractivity contribution in [2.45, 2.75) is 44.9 Å². The van der Waals surface area contributed by atoms with Gasteiger partial charge < -0.3 is 15.5 Å². The van der Waals surface area contributed by atoms with Crippen molar-refractivity contribution in [1.82, 2.24) is 9.80 Å². The third-order valence-electron chi connectivity index (χ3n) is 5.54. The van der Waals surface area contributed by atoms with Gasteiger partial charge in [-0.05, 0) is 30.5 Å². The van der Waals surface area contributed by atoms with E-state index in [-0.39, 0.29) is 24.2 Å². The Balaban J connectivity index is 0.00000243. The first-order valence-corrected chi connectivity index (χ1v) is 9.56. The van der Waals surface area contributed by atoms with Gasteiger partial charge in [-0.3, -0.25) is 9.59 Å². The van der Waals surface area contributed by atoms with Gasteiger partial charge in [0, 0.05) is 43.9 Å². The van der Waals surface area contributed by atoms with Crippen LogP contribution in [-0.2, 0) is 4.79 Å². The predicted octanol–water partition coefficient (Wildman–Crippen LogP) is 3.34. The van der Waals surface area contributed by atoms with Crippen LogP contribution in [0.1, 0.15) is 55.3 Å². The topological polar surface area (TPSA) is 66.6 Å². The van der Waals surface area contributed by atoms with Gasteiger partial charge in [0.15, 0.2) is 0 Å². The highest BCUT2D eigenvalue weighted by molar-refractivity contribution is 5.95. The quantitative estimate of drug-likeness (QED) is 0.816. The number of halogens is 1. The Labute approximate surface area is 162 Å². The second-order valence-electron chi connectivity index (χ2n) is 7.34. The maximum atomic E-state index is 12.5. The molecule has 6 heteroatoms. The van der Waals surface area contributed by atoms with Gasteiger partial charge in [0.1, 0.15) is 0 Å². The predicted molar refractivity (Wildman–Crippen MR) is 106 cm³/mol. The molecule has 2 amide bonds. The molecule has 5 nitrogen and oxygen atoms in total. The molecule has 1 aromatic carbocycles. The number of nitrogens with two attached hydrogens (primary N) is 1. The molecular formula is C20H30ClN3O2. The summed E-state index contributed by atoms with van der Waals surface area (Å²) in [5.41, 5.74) is 6.98. The summed E-state index contributed by atoms with van der Waals surface area (Å²) >= 11 is 0. The molecule has 0 unspecified atom stereocenters. The van der Waals surface area contributed by atoms with Crippen LogP contribution in [0.3, 0.4) is 0 Å². The summed E-state index contributed by atoms with van der Waals surface area (Å²) < 4.78 is 0. The number of hydrogen-bond acceptors (Lipinski definition) is 3. The molecule has 1 saturated carbocycles. The van der Waals surface area contributed by atoms with Crippen molar-refractivity contribution in [3.05, 3.63) is 29.8 Å². The summed E-state index contributed by atoms with van der Waals surface area (Å²) in [5, 5.41) is 0. The second-order valence-corrected chi connectivity index (χ2v) is 7.34. The van der Waals surface area contributed by atoms with E-state index in [0.29, 0.717) is 43.9 Å². The molecular weight excluding hydrogens is 350 g/mol. The van der Waals surface area contributed by atoms with Crippen LogP contribution in [0.5, 0.6) is 0 Å². The number of carbonyl (C=O) groups is 2. The largest absolute Gasteiger partial charge is 0.399 e. The van der Waals surface area contributed by atoms with Crippen molar-refractivity contribution >= 4 is 29.9 Å². The molecule has 1 saturated heterocycles. The molecule has 2 fully saturated rings. The van der Waals surface area contributed by atoms with E-state index in [1.54, 1.807) is 24.3 Å². The molecule has 2 N–H and O–H groups in total. The van der Waals surface area contributed by atoms with E-state index in [2.05, 4.69) is 0 Å². The lowest BCUT2D eigenvalue weighted by Crippen LogP contribution is -2.50. The van der Waals surface area contributed by atoms with Crippen LogP contribution in [0.2, 0.25) is 0 Å². The molecule has 0 radical (unpaired) electrons. The zero-order chi connectivity index (χ0) is 17.6. The lowest BCUT2D eigenvalue weighted by atomic mass is 9.86. The van der Waals surface area contributed by atoms with E-state index in [0.717, 1.165) is 12.3 Å². The van der Waals surface area contributed by atoms with Crippen LogP contribution in [-0.4, -0.2) is 47.8 Å². The van der Waals surface area contributed by atoms with E-state index in [1.165, 1.54) is 32.1 Å². The highest BCUT2D eigenvalue weighted by Gasteiger charge is 2.25. The molecule has 3 rings (SSSR count). The number of anilines is 1. The Kier molecular flexibility index (Phi) is 7.76. The summed E-state index contributed by atoms with van der Waals surface area (Å²) in [6.45, 7) is 2.47. The number of nitrogen functional groups attached to an aromatic ring is 1. The minimum Gasteiger partial charge on any atom is -0.399 e. The fraction of sp³-hybridized carbons (Fsp3) is 0.600.